The summed E-state index contributed by atoms with van der Waals surface area (Å²) >= 11 is 0. The van der Waals surface area contributed by atoms with Crippen LogP contribution in [0.2, 0.25) is 0 Å². The molecular formula is C46H53FN8O12. The van der Waals surface area contributed by atoms with E-state index in [1.54, 1.807) is 19.1 Å². The maximum atomic E-state index is 14.9. The van der Waals surface area contributed by atoms with Crippen molar-refractivity contribution in [1.29, 1.82) is 0 Å². The van der Waals surface area contributed by atoms with Gasteiger partial charge in [-0.25, -0.2) is 14.2 Å². The van der Waals surface area contributed by atoms with Gasteiger partial charge in [-0.3, -0.25) is 43.3 Å². The van der Waals surface area contributed by atoms with Crippen molar-refractivity contribution in [2.45, 2.75) is 116 Å². The van der Waals surface area contributed by atoms with E-state index >= 15 is 0 Å². The van der Waals surface area contributed by atoms with Crippen molar-refractivity contribution in [3.63, 3.8) is 0 Å². The molecule has 0 spiro atoms. The van der Waals surface area contributed by atoms with Gasteiger partial charge in [0.05, 0.1) is 29.0 Å². The Morgan fingerprint density at radius 1 is 0.881 bits per heavy atom. The number of halogens is 1. The number of cyclic esters (lactones) is 1. The number of ether oxygens (including phenoxy) is 2. The zero-order chi connectivity index (χ0) is 48.3. The fourth-order valence-electron chi connectivity index (χ4n) is 8.32. The smallest absolute Gasteiger partial charge is 0.343 e. The number of aryl methyl sites for hydroxylation is 1. The summed E-state index contributed by atoms with van der Waals surface area (Å²) in [4.78, 5) is 120. The first-order valence-electron chi connectivity index (χ1n) is 22.2. The van der Waals surface area contributed by atoms with Gasteiger partial charge < -0.3 is 45.7 Å². The van der Waals surface area contributed by atoms with Crippen molar-refractivity contribution < 1.29 is 57.3 Å². The first kappa shape index (κ1) is 48.1. The molecule has 356 valence electrons. The van der Waals surface area contributed by atoms with Crippen molar-refractivity contribution in [2.75, 3.05) is 19.9 Å². The number of fused-ring (bicyclic) bond motifs is 5. The molecular weight excluding hydrogens is 876 g/mol. The molecule has 67 heavy (non-hydrogen) atoms. The van der Waals surface area contributed by atoms with Crippen LogP contribution in [0, 0.1) is 18.7 Å². The van der Waals surface area contributed by atoms with E-state index in [1.807, 2.05) is 0 Å². The number of hydrogen-bond acceptors (Lipinski definition) is 13. The zero-order valence-corrected chi connectivity index (χ0v) is 37.5. The van der Waals surface area contributed by atoms with E-state index in [9.17, 15) is 52.6 Å². The third kappa shape index (κ3) is 10.6. The minimum Gasteiger partial charge on any atom is -0.458 e. The average Bonchev–Trinajstić information content (AvgIpc) is 3.94. The third-order valence-electron chi connectivity index (χ3n) is 12.4. The molecule has 3 aromatic rings. The fourth-order valence-corrected chi connectivity index (χ4v) is 8.32. The lowest BCUT2D eigenvalue weighted by Gasteiger charge is -2.32. The van der Waals surface area contributed by atoms with Crippen LogP contribution >= 0.6 is 0 Å². The van der Waals surface area contributed by atoms with Crippen LogP contribution in [0.1, 0.15) is 93.5 Å². The Hall–Kier alpha value is -6.87. The zero-order valence-electron chi connectivity index (χ0n) is 37.5. The molecule has 0 radical (unpaired) electrons. The molecule has 1 saturated carbocycles. The van der Waals surface area contributed by atoms with Crippen LogP contribution in [0.4, 0.5) is 4.39 Å². The molecule has 1 aliphatic carbocycles. The second-order valence-corrected chi connectivity index (χ2v) is 17.5. The number of aromatic nitrogens is 2. The number of pyridine rings is 2. The molecule has 21 heteroatoms. The Balaban J connectivity index is 0.867. The number of esters is 1. The van der Waals surface area contributed by atoms with E-state index in [0.717, 1.165) is 17.7 Å². The fraction of sp³-hybridized carbons (Fsp3) is 0.478. The molecule has 2 aromatic heterocycles. The van der Waals surface area contributed by atoms with Crippen LogP contribution in [0.3, 0.4) is 0 Å². The molecule has 0 saturated heterocycles. The Morgan fingerprint density at radius 2 is 1.55 bits per heavy atom. The van der Waals surface area contributed by atoms with Crippen molar-refractivity contribution >= 4 is 58.2 Å². The van der Waals surface area contributed by atoms with Gasteiger partial charge in [0, 0.05) is 54.2 Å². The Bertz CT molecular complexity index is 2640. The van der Waals surface area contributed by atoms with Gasteiger partial charge in [-0.15, -0.1) is 0 Å². The number of amides is 7. The Morgan fingerprint density at radius 3 is 2.24 bits per heavy atom. The summed E-state index contributed by atoms with van der Waals surface area (Å²) in [5.74, 6) is -4.86. The number of aliphatic hydroxyl groups is 1. The van der Waals surface area contributed by atoms with E-state index in [0.29, 0.717) is 52.7 Å². The monoisotopic (exact) mass is 928 g/mol. The van der Waals surface area contributed by atoms with Crippen LogP contribution in [0.5, 0.6) is 0 Å². The summed E-state index contributed by atoms with van der Waals surface area (Å²) < 4.78 is 27.1. The molecule has 4 atom stereocenters. The highest BCUT2D eigenvalue weighted by Crippen LogP contribution is 2.45. The summed E-state index contributed by atoms with van der Waals surface area (Å²) in [5.41, 5.74) is 0.315. The SMILES string of the molecule is Cc1cc2c(CNC(=O)COCNC(=O)[C@H](C)NC(=O)[C@H](C)NC(=O)[C@H](C)NC(=O)CCCCCN3C(=O)C=CC3=O)c3c(nc2cc1F)-c1cc2c(c(=O)n1C3)COC(=O)[C@]2(O)CC1CC1. The quantitative estimate of drug-likeness (QED) is 0.0308. The molecule has 20 nitrogen and oxygen atoms in total. The van der Waals surface area contributed by atoms with E-state index < -0.39 is 83.9 Å². The molecule has 4 aliphatic rings. The van der Waals surface area contributed by atoms with Crippen LogP contribution in [-0.4, -0.2) is 105 Å². The summed E-state index contributed by atoms with van der Waals surface area (Å²) in [5, 5.41) is 24.9. The molecule has 7 amide bonds. The largest absolute Gasteiger partial charge is 0.458 e. The van der Waals surface area contributed by atoms with E-state index in [-0.39, 0.29) is 73.5 Å². The van der Waals surface area contributed by atoms with Gasteiger partial charge >= 0.3 is 5.97 Å². The van der Waals surface area contributed by atoms with Crippen LogP contribution in [0.25, 0.3) is 22.3 Å². The van der Waals surface area contributed by atoms with Crippen LogP contribution in [-0.2, 0) is 73.1 Å². The second kappa shape index (κ2) is 19.9. The predicted octanol–water partition coefficient (Wildman–Crippen LogP) is 0.623. The molecule has 1 fully saturated rings. The lowest BCUT2D eigenvalue weighted by molar-refractivity contribution is -0.173. The second-order valence-electron chi connectivity index (χ2n) is 17.5. The number of rotatable bonds is 20. The molecule has 1 aromatic carbocycles. The first-order valence-corrected chi connectivity index (χ1v) is 22.2. The number of imide groups is 1. The summed E-state index contributed by atoms with van der Waals surface area (Å²) in [6, 6.07) is 1.35. The molecule has 3 aliphatic heterocycles. The number of unbranched alkanes of at least 4 members (excludes halogenated alkanes) is 2. The normalized spacial score (nSPS) is 18.4. The van der Waals surface area contributed by atoms with Crippen molar-refractivity contribution in [3.8, 4) is 11.4 Å². The molecule has 0 unspecified atom stereocenters. The summed E-state index contributed by atoms with van der Waals surface area (Å²) in [6.45, 7) is 4.89. The molecule has 6 N–H and O–H groups in total. The number of hydrogen-bond donors (Lipinski definition) is 6. The highest BCUT2D eigenvalue weighted by atomic mass is 19.1. The average molecular weight is 929 g/mol. The van der Waals surface area contributed by atoms with Crippen LogP contribution in [0.15, 0.2) is 35.1 Å². The lowest BCUT2D eigenvalue weighted by Crippen LogP contribution is -2.54. The van der Waals surface area contributed by atoms with Gasteiger partial charge in [-0.1, -0.05) is 19.3 Å². The van der Waals surface area contributed by atoms with Gasteiger partial charge in [-0.05, 0) is 76.1 Å². The molecule has 7 rings (SSSR count). The molecule has 5 heterocycles. The Kier molecular flexibility index (Phi) is 14.3. The highest BCUT2D eigenvalue weighted by Gasteiger charge is 2.49. The van der Waals surface area contributed by atoms with E-state index in [2.05, 4.69) is 26.6 Å². The van der Waals surface area contributed by atoms with Gasteiger partial charge in [0.2, 0.25) is 29.5 Å². The standard InChI is InChI=1S/C46H53FN8O12/c1-23-14-28-29(30-19-55-35(40(30)53-34(28)16-33(23)47)15-32-31(44(55)63)20-67-45(64)46(32,65)17-27-9-10-27)18-48-37(57)21-66-22-49-41(60)24(2)51-43(62)26(4)52-42(61)25(3)50-36(56)8-6-5-7-13-54-38(58)11-12-39(54)59/h11-12,14-16,24-27,65H,5-10,13,17-22H2,1-4H3,(H,48,57)(H,49,60)(H,50,56)(H,51,62)(H,52,61)/t24-,25-,26-,46-/m0/s1. The minimum atomic E-state index is -2.00. The summed E-state index contributed by atoms with van der Waals surface area (Å²) in [7, 11) is 0. The van der Waals surface area contributed by atoms with Gasteiger partial charge in [-0.2, -0.15) is 0 Å². The maximum Gasteiger partial charge on any atom is 0.343 e. The van der Waals surface area contributed by atoms with Crippen molar-refractivity contribution in [1.82, 2.24) is 41.0 Å². The minimum absolute atomic E-state index is 0.0491. The molecule has 0 bridgehead atoms. The predicted molar refractivity (Wildman–Crippen MR) is 234 cm³/mol. The third-order valence-corrected chi connectivity index (χ3v) is 12.4. The first-order chi connectivity index (χ1) is 31.9. The lowest BCUT2D eigenvalue weighted by atomic mass is 9.84. The van der Waals surface area contributed by atoms with E-state index in [4.69, 9.17) is 14.5 Å². The van der Waals surface area contributed by atoms with Gasteiger partial charge in [0.15, 0.2) is 5.60 Å². The van der Waals surface area contributed by atoms with E-state index in [1.165, 1.54) is 43.6 Å². The maximum absolute atomic E-state index is 14.9. The van der Waals surface area contributed by atoms with Crippen molar-refractivity contribution in [3.05, 3.63) is 74.3 Å². The van der Waals surface area contributed by atoms with Crippen molar-refractivity contribution in [2.24, 2.45) is 5.92 Å². The number of carbonyl (C=O) groups excluding carboxylic acids is 8. The number of benzene rings is 1. The van der Waals surface area contributed by atoms with Gasteiger partial charge in [0.25, 0.3) is 17.4 Å². The number of nitrogens with zero attached hydrogens (tertiary/aromatic N) is 3. The number of carbonyl (C=O) groups is 8. The van der Waals surface area contributed by atoms with Crippen LogP contribution < -0.4 is 32.1 Å². The highest BCUT2D eigenvalue weighted by molar-refractivity contribution is 6.12. The van der Waals surface area contributed by atoms with Gasteiger partial charge in [0.1, 0.15) is 43.9 Å². The topological polar surface area (TPSA) is 274 Å². The Labute approximate surface area is 383 Å². The summed E-state index contributed by atoms with van der Waals surface area (Å²) in [6.07, 6.45) is 5.92. The number of nitrogens with one attached hydrogen (secondary N) is 5.